The van der Waals surface area contributed by atoms with Crippen molar-refractivity contribution >= 4 is 15.9 Å². The molecule has 0 aliphatic carbocycles. The first-order valence-electron chi connectivity index (χ1n) is 4.03. The molecule has 0 amide bonds. The van der Waals surface area contributed by atoms with Crippen molar-refractivity contribution in [3.05, 3.63) is 40.9 Å². The van der Waals surface area contributed by atoms with Crippen molar-refractivity contribution in [2.45, 2.75) is 6.42 Å². The number of rotatable bonds is 4. The van der Waals surface area contributed by atoms with Gasteiger partial charge in [0.05, 0.1) is 6.61 Å². The fourth-order valence-electron chi connectivity index (χ4n) is 0.890. The molecule has 0 radical (unpaired) electrons. The van der Waals surface area contributed by atoms with E-state index in [9.17, 15) is 8.78 Å². The monoisotopic (exact) mass is 262 g/mol. The van der Waals surface area contributed by atoms with E-state index in [1.54, 1.807) is 6.08 Å². The first-order chi connectivity index (χ1) is 6.65. The summed E-state index contributed by atoms with van der Waals surface area (Å²) in [5.41, 5.74) is 0. The van der Waals surface area contributed by atoms with Crippen molar-refractivity contribution in [3.8, 4) is 5.75 Å². The van der Waals surface area contributed by atoms with E-state index < -0.39 is 11.6 Å². The van der Waals surface area contributed by atoms with E-state index in [2.05, 4.69) is 22.5 Å². The summed E-state index contributed by atoms with van der Waals surface area (Å²) in [6.07, 6.45) is 2.24. The van der Waals surface area contributed by atoms with Gasteiger partial charge in [0, 0.05) is 4.47 Å². The highest BCUT2D eigenvalue weighted by Crippen LogP contribution is 2.25. The Morgan fingerprint density at radius 1 is 1.43 bits per heavy atom. The average molecular weight is 263 g/mol. The van der Waals surface area contributed by atoms with Crippen molar-refractivity contribution in [1.82, 2.24) is 0 Å². The van der Waals surface area contributed by atoms with Gasteiger partial charge in [-0.3, -0.25) is 0 Å². The molecule has 0 aromatic heterocycles. The quantitative estimate of drug-likeness (QED) is 0.457. The summed E-state index contributed by atoms with van der Waals surface area (Å²) in [7, 11) is 0. The topological polar surface area (TPSA) is 9.23 Å². The van der Waals surface area contributed by atoms with Gasteiger partial charge in [0.15, 0.2) is 11.6 Å². The van der Waals surface area contributed by atoms with Gasteiger partial charge in [0.25, 0.3) is 0 Å². The van der Waals surface area contributed by atoms with Crippen molar-refractivity contribution in [3.63, 3.8) is 0 Å². The molecule has 0 fully saturated rings. The third-order valence-electron chi connectivity index (χ3n) is 1.54. The Balaban J connectivity index is 2.79. The number of ether oxygens (including phenoxy) is 1. The summed E-state index contributed by atoms with van der Waals surface area (Å²) in [5.74, 6) is -1.97. The summed E-state index contributed by atoms with van der Waals surface area (Å²) >= 11 is 3.05. The Morgan fingerprint density at radius 2 is 2.14 bits per heavy atom. The van der Waals surface area contributed by atoms with Gasteiger partial charge >= 0.3 is 0 Å². The Bertz CT molecular complexity index is 339. The molecule has 1 aromatic rings. The standard InChI is InChI=1S/C10H9BrF2O/c1-2-3-4-14-9-6-7(11)5-8(12)10(9)13/h2,5-6H,1,3-4H2. The molecule has 0 heterocycles. The van der Waals surface area contributed by atoms with E-state index in [0.29, 0.717) is 10.9 Å². The molecule has 0 saturated carbocycles. The second-order valence-electron chi connectivity index (χ2n) is 2.63. The van der Waals surface area contributed by atoms with E-state index in [1.807, 2.05) is 0 Å². The van der Waals surface area contributed by atoms with E-state index in [0.717, 1.165) is 6.07 Å². The molecule has 0 spiro atoms. The van der Waals surface area contributed by atoms with Crippen LogP contribution in [0.1, 0.15) is 6.42 Å². The number of hydrogen-bond acceptors (Lipinski definition) is 1. The molecule has 0 saturated heterocycles. The van der Waals surface area contributed by atoms with Crippen LogP contribution in [0.4, 0.5) is 8.78 Å². The Kier molecular flexibility index (Phi) is 4.07. The van der Waals surface area contributed by atoms with Gasteiger partial charge in [-0.2, -0.15) is 4.39 Å². The summed E-state index contributed by atoms with van der Waals surface area (Å²) in [6, 6.07) is 2.44. The van der Waals surface area contributed by atoms with E-state index in [4.69, 9.17) is 4.74 Å². The number of hydrogen-bond donors (Lipinski definition) is 0. The number of benzene rings is 1. The molecule has 1 nitrogen and oxygen atoms in total. The van der Waals surface area contributed by atoms with Crippen molar-refractivity contribution in [2.24, 2.45) is 0 Å². The molecule has 0 unspecified atom stereocenters. The SMILES string of the molecule is C=CCCOc1cc(Br)cc(F)c1F. The highest BCUT2D eigenvalue weighted by atomic mass is 79.9. The first-order valence-corrected chi connectivity index (χ1v) is 4.82. The molecule has 1 rings (SSSR count). The zero-order chi connectivity index (χ0) is 10.6. The third-order valence-corrected chi connectivity index (χ3v) is 2.00. The summed E-state index contributed by atoms with van der Waals surface area (Å²) in [4.78, 5) is 0. The van der Waals surface area contributed by atoms with Gasteiger partial charge in [-0.1, -0.05) is 22.0 Å². The molecular formula is C10H9BrF2O. The van der Waals surface area contributed by atoms with E-state index in [1.165, 1.54) is 6.07 Å². The molecule has 0 bridgehead atoms. The van der Waals surface area contributed by atoms with E-state index in [-0.39, 0.29) is 12.4 Å². The maximum Gasteiger partial charge on any atom is 0.200 e. The highest BCUT2D eigenvalue weighted by Gasteiger charge is 2.10. The molecular weight excluding hydrogens is 254 g/mol. The van der Waals surface area contributed by atoms with Gasteiger partial charge in [0.2, 0.25) is 5.82 Å². The second-order valence-corrected chi connectivity index (χ2v) is 3.54. The van der Waals surface area contributed by atoms with Crippen LogP contribution in [-0.4, -0.2) is 6.61 Å². The van der Waals surface area contributed by atoms with Crippen molar-refractivity contribution < 1.29 is 13.5 Å². The molecule has 0 aliphatic rings. The number of halogens is 3. The third kappa shape index (κ3) is 2.80. The predicted molar refractivity (Wildman–Crippen MR) is 54.4 cm³/mol. The Labute approximate surface area is 89.5 Å². The maximum atomic E-state index is 13.1. The largest absolute Gasteiger partial charge is 0.490 e. The normalized spacial score (nSPS) is 9.93. The molecule has 0 aliphatic heterocycles. The van der Waals surface area contributed by atoms with Crippen LogP contribution >= 0.6 is 15.9 Å². The summed E-state index contributed by atoms with van der Waals surface area (Å²) in [5, 5.41) is 0. The molecule has 1 aromatic carbocycles. The zero-order valence-corrected chi connectivity index (χ0v) is 8.98. The van der Waals surface area contributed by atoms with Gasteiger partial charge in [0.1, 0.15) is 0 Å². The lowest BCUT2D eigenvalue weighted by Gasteiger charge is -2.06. The van der Waals surface area contributed by atoms with Crippen LogP contribution in [0.2, 0.25) is 0 Å². The summed E-state index contributed by atoms with van der Waals surface area (Å²) in [6.45, 7) is 3.78. The molecule has 76 valence electrons. The second kappa shape index (κ2) is 5.10. The van der Waals surface area contributed by atoms with Crippen LogP contribution in [0.5, 0.6) is 5.75 Å². The van der Waals surface area contributed by atoms with Crippen LogP contribution in [0.15, 0.2) is 29.3 Å². The van der Waals surface area contributed by atoms with Crippen molar-refractivity contribution in [1.29, 1.82) is 0 Å². The van der Waals surface area contributed by atoms with Gasteiger partial charge in [-0.25, -0.2) is 4.39 Å². The smallest absolute Gasteiger partial charge is 0.200 e. The molecule has 0 atom stereocenters. The zero-order valence-electron chi connectivity index (χ0n) is 7.40. The maximum absolute atomic E-state index is 13.1. The van der Waals surface area contributed by atoms with Crippen LogP contribution in [0.3, 0.4) is 0 Å². The van der Waals surface area contributed by atoms with Crippen molar-refractivity contribution in [2.75, 3.05) is 6.61 Å². The highest BCUT2D eigenvalue weighted by molar-refractivity contribution is 9.10. The lowest BCUT2D eigenvalue weighted by Crippen LogP contribution is -1.99. The fourth-order valence-corrected chi connectivity index (χ4v) is 1.30. The lowest BCUT2D eigenvalue weighted by atomic mass is 10.3. The summed E-state index contributed by atoms with van der Waals surface area (Å²) < 4.78 is 31.4. The van der Waals surface area contributed by atoms with Gasteiger partial charge in [-0.15, -0.1) is 6.58 Å². The van der Waals surface area contributed by atoms with Crippen LogP contribution in [-0.2, 0) is 0 Å². The predicted octanol–water partition coefficient (Wildman–Crippen LogP) is 3.68. The van der Waals surface area contributed by atoms with Crippen LogP contribution < -0.4 is 4.74 Å². The Hall–Kier alpha value is -0.900. The minimum absolute atomic E-state index is 0.0845. The van der Waals surface area contributed by atoms with Gasteiger partial charge < -0.3 is 4.74 Å². The molecule has 14 heavy (non-hydrogen) atoms. The minimum Gasteiger partial charge on any atom is -0.490 e. The molecule has 0 N–H and O–H groups in total. The molecule has 4 heteroatoms. The lowest BCUT2D eigenvalue weighted by molar-refractivity contribution is 0.301. The minimum atomic E-state index is -0.961. The van der Waals surface area contributed by atoms with Crippen LogP contribution in [0, 0.1) is 11.6 Å². The van der Waals surface area contributed by atoms with Crippen LogP contribution in [0.25, 0.3) is 0 Å². The van der Waals surface area contributed by atoms with Gasteiger partial charge in [-0.05, 0) is 18.6 Å². The fraction of sp³-hybridized carbons (Fsp3) is 0.200. The Morgan fingerprint density at radius 3 is 2.79 bits per heavy atom. The van der Waals surface area contributed by atoms with E-state index >= 15 is 0 Å². The first kappa shape index (κ1) is 11.2. The average Bonchev–Trinajstić information content (AvgIpc) is 2.13.